The van der Waals surface area contributed by atoms with Gasteiger partial charge in [0.2, 0.25) is 0 Å². The first-order chi connectivity index (χ1) is 4.88. The van der Waals surface area contributed by atoms with Crippen LogP contribution in [0.3, 0.4) is 0 Å². The van der Waals surface area contributed by atoms with E-state index < -0.39 is 0 Å². The number of nitrogens with one attached hydrogen (secondary N) is 2. The number of aromatic nitrogens is 2. The van der Waals surface area contributed by atoms with Crippen LogP contribution in [0.25, 0.3) is 10.9 Å². The SMILES string of the molecule is C.O=c1[nH][nH]c2ccccc12. The fraction of sp³-hybridized carbons (Fsp3) is 0.125. The van der Waals surface area contributed by atoms with E-state index in [-0.39, 0.29) is 13.0 Å². The molecule has 0 saturated carbocycles. The highest BCUT2D eigenvalue weighted by Gasteiger charge is 1.95. The van der Waals surface area contributed by atoms with Gasteiger partial charge in [-0.15, -0.1) is 0 Å². The number of hydrogen-bond acceptors (Lipinski definition) is 1. The van der Waals surface area contributed by atoms with E-state index in [2.05, 4.69) is 10.2 Å². The maximum atomic E-state index is 10.9. The summed E-state index contributed by atoms with van der Waals surface area (Å²) in [5.74, 6) is 0. The Morgan fingerprint density at radius 1 is 1.09 bits per heavy atom. The molecule has 1 aromatic carbocycles. The second-order valence-corrected chi connectivity index (χ2v) is 2.12. The van der Waals surface area contributed by atoms with Gasteiger partial charge in [-0.1, -0.05) is 19.6 Å². The number of para-hydroxylation sites is 1. The van der Waals surface area contributed by atoms with Crippen molar-refractivity contribution in [1.29, 1.82) is 0 Å². The van der Waals surface area contributed by atoms with E-state index >= 15 is 0 Å². The summed E-state index contributed by atoms with van der Waals surface area (Å²) >= 11 is 0. The van der Waals surface area contributed by atoms with E-state index in [9.17, 15) is 4.79 Å². The van der Waals surface area contributed by atoms with Gasteiger partial charge >= 0.3 is 0 Å². The molecule has 2 aromatic rings. The molecule has 0 saturated heterocycles. The molecule has 0 spiro atoms. The Bertz CT molecular complexity index is 399. The van der Waals surface area contributed by atoms with Crippen molar-refractivity contribution >= 4 is 10.9 Å². The van der Waals surface area contributed by atoms with Crippen molar-refractivity contribution in [2.75, 3.05) is 0 Å². The minimum absolute atomic E-state index is 0. The van der Waals surface area contributed by atoms with Crippen LogP contribution >= 0.6 is 0 Å². The third kappa shape index (κ3) is 1.05. The number of rotatable bonds is 0. The summed E-state index contributed by atoms with van der Waals surface area (Å²) in [6.45, 7) is 0. The second kappa shape index (κ2) is 2.62. The molecular formula is C8H10N2O. The molecule has 0 radical (unpaired) electrons. The molecule has 58 valence electrons. The van der Waals surface area contributed by atoms with Crippen LogP contribution in [0.1, 0.15) is 7.43 Å². The summed E-state index contributed by atoms with van der Waals surface area (Å²) < 4.78 is 0. The second-order valence-electron chi connectivity index (χ2n) is 2.12. The van der Waals surface area contributed by atoms with E-state index in [4.69, 9.17) is 0 Å². The van der Waals surface area contributed by atoms with Gasteiger partial charge < -0.3 is 0 Å². The standard InChI is InChI=1S/C7H6N2O.CH4/c10-7-5-3-1-2-4-6(5)8-9-7;/h1-4H,(H2,8,9,10);1H4. The Morgan fingerprint density at radius 3 is 2.55 bits per heavy atom. The van der Waals surface area contributed by atoms with Crippen molar-refractivity contribution in [3.05, 3.63) is 34.6 Å². The Balaban J connectivity index is 0.000000605. The van der Waals surface area contributed by atoms with Gasteiger partial charge in [-0.25, -0.2) is 0 Å². The lowest BCUT2D eigenvalue weighted by molar-refractivity contribution is 1.08. The zero-order valence-corrected chi connectivity index (χ0v) is 5.22. The molecular weight excluding hydrogens is 140 g/mol. The smallest absolute Gasteiger partial charge is 0.271 e. The van der Waals surface area contributed by atoms with Crippen molar-refractivity contribution < 1.29 is 0 Å². The van der Waals surface area contributed by atoms with Crippen LogP contribution in [-0.4, -0.2) is 10.2 Å². The Kier molecular flexibility index (Phi) is 1.81. The third-order valence-corrected chi connectivity index (χ3v) is 1.48. The summed E-state index contributed by atoms with van der Waals surface area (Å²) in [5, 5.41) is 5.96. The fourth-order valence-corrected chi connectivity index (χ4v) is 0.982. The number of aromatic amines is 2. The first-order valence-electron chi connectivity index (χ1n) is 3.03. The van der Waals surface area contributed by atoms with Crippen molar-refractivity contribution in [3.8, 4) is 0 Å². The Morgan fingerprint density at radius 2 is 1.82 bits per heavy atom. The van der Waals surface area contributed by atoms with Crippen LogP contribution in [-0.2, 0) is 0 Å². The van der Waals surface area contributed by atoms with Crippen LogP contribution < -0.4 is 5.56 Å². The monoisotopic (exact) mass is 150 g/mol. The molecule has 1 heterocycles. The highest BCUT2D eigenvalue weighted by Crippen LogP contribution is 2.02. The van der Waals surface area contributed by atoms with Gasteiger partial charge in [-0.05, 0) is 12.1 Å². The maximum Gasteiger partial charge on any atom is 0.271 e. The minimum Gasteiger partial charge on any atom is -0.298 e. The molecule has 3 nitrogen and oxygen atoms in total. The molecule has 0 unspecified atom stereocenters. The topological polar surface area (TPSA) is 48.6 Å². The Labute approximate surface area is 64.0 Å². The van der Waals surface area contributed by atoms with Gasteiger partial charge in [0, 0.05) is 0 Å². The molecule has 1 aromatic heterocycles. The quantitative estimate of drug-likeness (QED) is 0.587. The van der Waals surface area contributed by atoms with Crippen LogP contribution in [0.2, 0.25) is 0 Å². The van der Waals surface area contributed by atoms with Crippen LogP contribution in [0.4, 0.5) is 0 Å². The number of hydrogen-bond donors (Lipinski definition) is 2. The lowest BCUT2D eigenvalue weighted by Gasteiger charge is -1.80. The molecule has 0 aliphatic heterocycles. The molecule has 11 heavy (non-hydrogen) atoms. The van der Waals surface area contributed by atoms with E-state index in [1.165, 1.54) is 0 Å². The minimum atomic E-state index is -0.0596. The molecule has 0 bridgehead atoms. The van der Waals surface area contributed by atoms with Gasteiger partial charge in [0.05, 0.1) is 10.9 Å². The summed E-state index contributed by atoms with van der Waals surface area (Å²) in [4.78, 5) is 10.9. The molecule has 2 N–H and O–H groups in total. The van der Waals surface area contributed by atoms with Gasteiger partial charge in [0.15, 0.2) is 0 Å². The predicted octanol–water partition coefficient (Wildman–Crippen LogP) is 1.49. The van der Waals surface area contributed by atoms with Crippen molar-refractivity contribution in [3.63, 3.8) is 0 Å². The molecule has 3 heteroatoms. The first kappa shape index (κ1) is 7.60. The number of benzene rings is 1. The van der Waals surface area contributed by atoms with Crippen molar-refractivity contribution in [2.45, 2.75) is 7.43 Å². The lowest BCUT2D eigenvalue weighted by Crippen LogP contribution is -1.96. The number of H-pyrrole nitrogens is 2. The molecule has 0 amide bonds. The van der Waals surface area contributed by atoms with Crippen LogP contribution in [0, 0.1) is 0 Å². The highest BCUT2D eigenvalue weighted by atomic mass is 16.1. The van der Waals surface area contributed by atoms with Crippen LogP contribution in [0.5, 0.6) is 0 Å². The summed E-state index contributed by atoms with van der Waals surface area (Å²) in [7, 11) is 0. The van der Waals surface area contributed by atoms with E-state index in [1.807, 2.05) is 18.2 Å². The third-order valence-electron chi connectivity index (χ3n) is 1.48. The van der Waals surface area contributed by atoms with Gasteiger partial charge in [0.1, 0.15) is 0 Å². The molecule has 0 atom stereocenters. The van der Waals surface area contributed by atoms with Crippen molar-refractivity contribution in [2.24, 2.45) is 0 Å². The summed E-state index contributed by atoms with van der Waals surface area (Å²) in [6, 6.07) is 7.36. The zero-order valence-electron chi connectivity index (χ0n) is 5.22. The van der Waals surface area contributed by atoms with Crippen LogP contribution in [0.15, 0.2) is 29.1 Å². The normalized spacial score (nSPS) is 9.45. The van der Waals surface area contributed by atoms with Crippen molar-refractivity contribution in [1.82, 2.24) is 10.2 Å². The molecule has 0 aliphatic carbocycles. The summed E-state index contributed by atoms with van der Waals surface area (Å²) in [6.07, 6.45) is 0. The largest absolute Gasteiger partial charge is 0.298 e. The Hall–Kier alpha value is -1.51. The summed E-state index contributed by atoms with van der Waals surface area (Å²) in [5.41, 5.74) is 0.795. The fourth-order valence-electron chi connectivity index (χ4n) is 0.982. The van der Waals surface area contributed by atoms with E-state index in [1.54, 1.807) is 6.07 Å². The van der Waals surface area contributed by atoms with Gasteiger partial charge in [-0.3, -0.25) is 15.0 Å². The average molecular weight is 150 g/mol. The zero-order chi connectivity index (χ0) is 6.97. The molecule has 0 fully saturated rings. The van der Waals surface area contributed by atoms with Gasteiger partial charge in [0.25, 0.3) is 5.56 Å². The predicted molar refractivity (Wildman–Crippen MR) is 45.7 cm³/mol. The maximum absolute atomic E-state index is 10.9. The first-order valence-corrected chi connectivity index (χ1v) is 3.03. The van der Waals surface area contributed by atoms with Gasteiger partial charge in [-0.2, -0.15) is 0 Å². The number of fused-ring (bicyclic) bond motifs is 1. The molecule has 2 rings (SSSR count). The van der Waals surface area contributed by atoms with E-state index in [0.29, 0.717) is 5.39 Å². The highest BCUT2D eigenvalue weighted by molar-refractivity contribution is 5.77. The molecule has 0 aliphatic rings. The average Bonchev–Trinajstić information content (AvgIpc) is 2.34. The van der Waals surface area contributed by atoms with E-state index in [0.717, 1.165) is 5.52 Å². The lowest BCUT2D eigenvalue weighted by atomic mass is 10.3.